The molecule has 0 aliphatic heterocycles. The Labute approximate surface area is 168 Å². The van der Waals surface area contributed by atoms with E-state index in [4.69, 9.17) is 10.5 Å². The molecule has 0 radical (unpaired) electrons. The maximum absolute atomic E-state index is 13.0. The molecular weight excluding hydrogens is 373 g/mol. The van der Waals surface area contributed by atoms with Gasteiger partial charge in [-0.25, -0.2) is 4.39 Å². The highest BCUT2D eigenvalue weighted by Gasteiger charge is 2.02. The predicted molar refractivity (Wildman–Crippen MR) is 114 cm³/mol. The summed E-state index contributed by atoms with van der Waals surface area (Å²) in [5.74, 6) is 1.06. The van der Waals surface area contributed by atoms with Crippen molar-refractivity contribution in [3.63, 3.8) is 0 Å². The van der Waals surface area contributed by atoms with Crippen LogP contribution < -0.4 is 10.5 Å². The van der Waals surface area contributed by atoms with Gasteiger partial charge in [0.05, 0.1) is 6.21 Å². The monoisotopic (exact) mass is 393 g/mol. The number of hydrogen-bond donors (Lipinski definition) is 1. The summed E-state index contributed by atoms with van der Waals surface area (Å²) in [5, 5.41) is 8.54. The van der Waals surface area contributed by atoms with Gasteiger partial charge < -0.3 is 10.5 Å². The van der Waals surface area contributed by atoms with Gasteiger partial charge in [0.15, 0.2) is 5.17 Å². The van der Waals surface area contributed by atoms with Crippen LogP contribution in [0.4, 0.5) is 4.39 Å². The Hall–Kier alpha value is -3.12. The zero-order valence-electron chi connectivity index (χ0n) is 15.2. The molecule has 0 aliphatic carbocycles. The Morgan fingerprint density at radius 2 is 1.68 bits per heavy atom. The molecule has 0 aromatic heterocycles. The number of rotatable bonds is 7. The van der Waals surface area contributed by atoms with Crippen LogP contribution in [-0.4, -0.2) is 11.4 Å². The van der Waals surface area contributed by atoms with Crippen LogP contribution in [-0.2, 0) is 12.4 Å². The number of ether oxygens (including phenoxy) is 1. The van der Waals surface area contributed by atoms with E-state index in [1.165, 1.54) is 29.5 Å². The molecule has 0 amide bonds. The number of benzene rings is 3. The number of nitrogens with two attached hydrogens (primary N) is 1. The van der Waals surface area contributed by atoms with Crippen LogP contribution in [0.5, 0.6) is 5.75 Å². The normalized spacial score (nSPS) is 11.7. The molecule has 0 bridgehead atoms. The van der Waals surface area contributed by atoms with Crippen molar-refractivity contribution in [2.24, 2.45) is 15.9 Å². The van der Waals surface area contributed by atoms with Crippen molar-refractivity contribution in [2.75, 3.05) is 0 Å². The van der Waals surface area contributed by atoms with Gasteiger partial charge in [-0.1, -0.05) is 66.4 Å². The largest absolute Gasteiger partial charge is 0.489 e. The fourth-order valence-corrected chi connectivity index (χ4v) is 3.00. The van der Waals surface area contributed by atoms with Gasteiger partial charge in [-0.05, 0) is 35.4 Å². The van der Waals surface area contributed by atoms with E-state index in [-0.39, 0.29) is 5.82 Å². The Kier molecular flexibility index (Phi) is 7.21. The Morgan fingerprint density at radius 1 is 0.964 bits per heavy atom. The van der Waals surface area contributed by atoms with E-state index in [1.807, 2.05) is 54.6 Å². The first-order valence-electron chi connectivity index (χ1n) is 8.70. The second-order valence-electron chi connectivity index (χ2n) is 5.90. The molecule has 0 saturated carbocycles. The van der Waals surface area contributed by atoms with Gasteiger partial charge in [0.2, 0.25) is 0 Å². The van der Waals surface area contributed by atoms with E-state index >= 15 is 0 Å². The minimum absolute atomic E-state index is 0.291. The van der Waals surface area contributed by atoms with Crippen LogP contribution >= 0.6 is 11.8 Å². The third kappa shape index (κ3) is 6.25. The molecule has 2 N–H and O–H groups in total. The molecule has 4 nitrogen and oxygen atoms in total. The molecule has 0 fully saturated rings. The number of thioether (sulfide) groups is 1. The SMILES string of the molecule is NC(=NN=Cc1ccccc1COc1ccc(F)cc1)SCc1ccccc1. The smallest absolute Gasteiger partial charge is 0.180 e. The number of amidine groups is 1. The quantitative estimate of drug-likeness (QED) is 0.350. The predicted octanol–water partition coefficient (Wildman–Crippen LogP) is 4.99. The van der Waals surface area contributed by atoms with Crippen molar-refractivity contribution in [1.82, 2.24) is 0 Å². The van der Waals surface area contributed by atoms with Crippen molar-refractivity contribution >= 4 is 23.1 Å². The summed E-state index contributed by atoms with van der Waals surface area (Å²) in [6, 6.07) is 23.7. The first-order chi connectivity index (χ1) is 13.7. The molecule has 0 saturated heterocycles. The molecule has 142 valence electrons. The number of hydrogen-bond acceptors (Lipinski definition) is 4. The standard InChI is InChI=1S/C22H20FN3OS/c23-20-10-12-21(13-11-20)27-15-19-9-5-4-8-18(19)14-25-26-22(24)28-16-17-6-2-1-3-7-17/h1-14H,15-16H2,(H2,24,26). The van der Waals surface area contributed by atoms with E-state index in [1.54, 1.807) is 18.3 Å². The van der Waals surface area contributed by atoms with E-state index in [0.29, 0.717) is 17.5 Å². The lowest BCUT2D eigenvalue weighted by atomic mass is 10.1. The second-order valence-corrected chi connectivity index (χ2v) is 6.89. The fraction of sp³-hybridized carbons (Fsp3) is 0.0909. The van der Waals surface area contributed by atoms with Crippen molar-refractivity contribution in [2.45, 2.75) is 12.4 Å². The van der Waals surface area contributed by atoms with Crippen LogP contribution in [0.15, 0.2) is 89.1 Å². The molecule has 0 unspecified atom stereocenters. The van der Waals surface area contributed by atoms with Gasteiger partial charge >= 0.3 is 0 Å². The van der Waals surface area contributed by atoms with Gasteiger partial charge in [0, 0.05) is 11.3 Å². The molecule has 6 heteroatoms. The zero-order chi connectivity index (χ0) is 19.6. The fourth-order valence-electron chi connectivity index (χ4n) is 2.39. The zero-order valence-corrected chi connectivity index (χ0v) is 16.0. The van der Waals surface area contributed by atoms with Crippen molar-refractivity contribution in [3.8, 4) is 5.75 Å². The van der Waals surface area contributed by atoms with Crippen LogP contribution in [0.3, 0.4) is 0 Å². The highest BCUT2D eigenvalue weighted by atomic mass is 32.2. The maximum atomic E-state index is 13.0. The molecule has 3 rings (SSSR count). The van der Waals surface area contributed by atoms with Crippen molar-refractivity contribution in [3.05, 3.63) is 101 Å². The molecule has 0 spiro atoms. The van der Waals surface area contributed by atoms with Crippen LogP contribution in [0, 0.1) is 5.82 Å². The topological polar surface area (TPSA) is 60.0 Å². The highest BCUT2D eigenvalue weighted by molar-refractivity contribution is 8.13. The lowest BCUT2D eigenvalue weighted by molar-refractivity contribution is 0.305. The van der Waals surface area contributed by atoms with Gasteiger partial charge in [0.25, 0.3) is 0 Å². The lowest BCUT2D eigenvalue weighted by Gasteiger charge is -2.08. The summed E-state index contributed by atoms with van der Waals surface area (Å²) in [7, 11) is 0. The van der Waals surface area contributed by atoms with E-state index in [2.05, 4.69) is 10.2 Å². The third-order valence-corrected chi connectivity index (χ3v) is 4.70. The molecule has 28 heavy (non-hydrogen) atoms. The van der Waals surface area contributed by atoms with E-state index in [0.717, 1.165) is 16.9 Å². The van der Waals surface area contributed by atoms with Crippen molar-refractivity contribution in [1.29, 1.82) is 0 Å². The van der Waals surface area contributed by atoms with E-state index < -0.39 is 0 Å². The lowest BCUT2D eigenvalue weighted by Crippen LogP contribution is -2.06. The average Bonchev–Trinajstić information content (AvgIpc) is 2.73. The molecular formula is C22H20FN3OS. The Bertz CT molecular complexity index is 944. The summed E-state index contributed by atoms with van der Waals surface area (Å²) in [5.41, 5.74) is 8.92. The van der Waals surface area contributed by atoms with Gasteiger partial charge in [-0.15, -0.1) is 5.10 Å². The van der Waals surface area contributed by atoms with Crippen LogP contribution in [0.25, 0.3) is 0 Å². The summed E-state index contributed by atoms with van der Waals surface area (Å²) in [6.45, 7) is 0.343. The highest BCUT2D eigenvalue weighted by Crippen LogP contribution is 2.15. The molecule has 0 atom stereocenters. The molecule has 3 aromatic carbocycles. The first-order valence-corrected chi connectivity index (χ1v) is 9.69. The average molecular weight is 393 g/mol. The second kappa shape index (κ2) is 10.3. The van der Waals surface area contributed by atoms with Gasteiger partial charge in [0.1, 0.15) is 18.2 Å². The van der Waals surface area contributed by atoms with Crippen LogP contribution in [0.1, 0.15) is 16.7 Å². The van der Waals surface area contributed by atoms with Gasteiger partial charge in [-0.3, -0.25) is 0 Å². The summed E-state index contributed by atoms with van der Waals surface area (Å²) >= 11 is 1.44. The van der Waals surface area contributed by atoms with Gasteiger partial charge in [-0.2, -0.15) is 5.10 Å². The Morgan fingerprint density at radius 3 is 2.46 bits per heavy atom. The van der Waals surface area contributed by atoms with Crippen molar-refractivity contribution < 1.29 is 9.13 Å². The molecule has 0 heterocycles. The Balaban J connectivity index is 1.58. The molecule has 0 aliphatic rings. The number of halogens is 1. The minimum Gasteiger partial charge on any atom is -0.489 e. The summed E-state index contributed by atoms with van der Waals surface area (Å²) in [4.78, 5) is 0. The first kappa shape index (κ1) is 19.6. The molecule has 3 aromatic rings. The summed E-state index contributed by atoms with van der Waals surface area (Å²) < 4.78 is 18.7. The van der Waals surface area contributed by atoms with E-state index in [9.17, 15) is 4.39 Å². The number of nitrogens with zero attached hydrogens (tertiary/aromatic N) is 2. The summed E-state index contributed by atoms with van der Waals surface area (Å²) in [6.07, 6.45) is 1.65. The van der Waals surface area contributed by atoms with Crippen LogP contribution in [0.2, 0.25) is 0 Å². The minimum atomic E-state index is -0.291. The maximum Gasteiger partial charge on any atom is 0.180 e. The third-order valence-electron chi connectivity index (χ3n) is 3.85.